The number of hydrogen-bond donors (Lipinski definition) is 1. The quantitative estimate of drug-likeness (QED) is 0.438. The number of carbonyl (C=O) groups excluding carboxylic acids is 3. The first-order valence-electron chi connectivity index (χ1n) is 11.5. The van der Waals surface area contributed by atoms with E-state index in [1.54, 1.807) is 18.2 Å². The average molecular weight is 477 g/mol. The van der Waals surface area contributed by atoms with E-state index in [0.717, 1.165) is 17.7 Å². The van der Waals surface area contributed by atoms with Gasteiger partial charge in [0.2, 0.25) is 0 Å². The standard InChI is InChI=1S/C24H36O6Si2/c1-31(2,3)11-9-29-23(27)21-18-14-19(26)20(17-13-15(25)7-8-16(17)18)22(21)24(28)30-10-12-32(4,5)6/h7-8,13,18,20-22,25H,9-12,14H2,1-6H3/t18?,20-,21?,22?/m1/s1. The maximum atomic E-state index is 13.2. The van der Waals surface area contributed by atoms with E-state index >= 15 is 0 Å². The van der Waals surface area contributed by atoms with Crippen molar-refractivity contribution in [2.75, 3.05) is 13.2 Å². The molecule has 32 heavy (non-hydrogen) atoms. The van der Waals surface area contributed by atoms with Gasteiger partial charge >= 0.3 is 11.9 Å². The number of fused-ring (bicyclic) bond motifs is 2. The normalized spacial score (nSPS) is 24.8. The molecule has 1 N–H and O–H groups in total. The zero-order chi connectivity index (χ0) is 23.8. The molecule has 0 aromatic heterocycles. The number of benzene rings is 1. The molecular weight excluding hydrogens is 440 g/mol. The molecule has 0 heterocycles. The summed E-state index contributed by atoms with van der Waals surface area (Å²) in [6.07, 6.45) is 0.203. The van der Waals surface area contributed by atoms with Crippen molar-refractivity contribution in [2.45, 2.75) is 69.6 Å². The predicted octanol–water partition coefficient (Wildman–Crippen LogP) is 4.54. The summed E-state index contributed by atoms with van der Waals surface area (Å²) in [5.74, 6) is -3.82. The monoisotopic (exact) mass is 476 g/mol. The van der Waals surface area contributed by atoms with Gasteiger partial charge in [-0.3, -0.25) is 14.4 Å². The summed E-state index contributed by atoms with van der Waals surface area (Å²) < 4.78 is 11.3. The van der Waals surface area contributed by atoms with Crippen molar-refractivity contribution in [3.05, 3.63) is 29.3 Å². The Morgan fingerprint density at radius 2 is 1.44 bits per heavy atom. The summed E-state index contributed by atoms with van der Waals surface area (Å²) in [5.41, 5.74) is 1.50. The highest BCUT2D eigenvalue weighted by Crippen LogP contribution is 2.55. The van der Waals surface area contributed by atoms with Crippen LogP contribution in [0, 0.1) is 11.8 Å². The molecule has 3 aliphatic carbocycles. The molecule has 0 spiro atoms. The molecule has 1 fully saturated rings. The van der Waals surface area contributed by atoms with Crippen molar-refractivity contribution >= 4 is 33.9 Å². The maximum absolute atomic E-state index is 13.2. The van der Waals surface area contributed by atoms with Crippen LogP contribution >= 0.6 is 0 Å². The van der Waals surface area contributed by atoms with Gasteiger partial charge in [0.1, 0.15) is 11.5 Å². The smallest absolute Gasteiger partial charge is 0.310 e. The lowest BCUT2D eigenvalue weighted by atomic mass is 9.55. The molecule has 3 unspecified atom stereocenters. The first-order chi connectivity index (χ1) is 14.8. The van der Waals surface area contributed by atoms with Crippen molar-refractivity contribution < 1.29 is 29.0 Å². The Morgan fingerprint density at radius 1 is 0.906 bits per heavy atom. The highest BCUT2D eigenvalue weighted by Gasteiger charge is 2.57. The van der Waals surface area contributed by atoms with E-state index in [-0.39, 0.29) is 18.0 Å². The number of ketones is 1. The maximum Gasteiger partial charge on any atom is 0.310 e. The van der Waals surface area contributed by atoms with Crippen molar-refractivity contribution in [3.8, 4) is 5.75 Å². The van der Waals surface area contributed by atoms with E-state index in [4.69, 9.17) is 9.47 Å². The lowest BCUT2D eigenvalue weighted by Gasteiger charge is -2.46. The van der Waals surface area contributed by atoms with Gasteiger partial charge < -0.3 is 14.6 Å². The van der Waals surface area contributed by atoms with E-state index in [0.29, 0.717) is 18.8 Å². The Balaban J connectivity index is 1.90. The Labute approximate surface area is 192 Å². The van der Waals surface area contributed by atoms with E-state index < -0.39 is 51.8 Å². The summed E-state index contributed by atoms with van der Waals surface area (Å²) in [7, 11) is -2.79. The largest absolute Gasteiger partial charge is 0.508 e. The van der Waals surface area contributed by atoms with E-state index in [2.05, 4.69) is 39.3 Å². The molecular formula is C24H36O6Si2. The number of ether oxygens (including phenoxy) is 2. The molecule has 0 aliphatic heterocycles. The molecule has 2 bridgehead atoms. The van der Waals surface area contributed by atoms with E-state index in [1.807, 2.05) is 0 Å². The molecule has 0 saturated heterocycles. The Kier molecular flexibility index (Phi) is 7.05. The number of carbonyl (C=O) groups is 3. The van der Waals surface area contributed by atoms with Crippen LogP contribution in [0.1, 0.15) is 29.4 Å². The second-order valence-electron chi connectivity index (χ2n) is 11.6. The number of hydrogen-bond acceptors (Lipinski definition) is 6. The lowest BCUT2D eigenvalue weighted by molar-refractivity contribution is -0.167. The van der Waals surface area contributed by atoms with E-state index in [1.165, 1.54) is 0 Å². The zero-order valence-electron chi connectivity index (χ0n) is 20.1. The predicted molar refractivity (Wildman–Crippen MR) is 128 cm³/mol. The summed E-state index contributed by atoms with van der Waals surface area (Å²) in [6, 6.07) is 6.55. The third kappa shape index (κ3) is 5.51. The fourth-order valence-electron chi connectivity index (χ4n) is 4.67. The molecule has 4 rings (SSSR count). The summed E-state index contributed by atoms with van der Waals surface area (Å²) in [6.45, 7) is 13.9. The van der Waals surface area contributed by atoms with Crippen LogP contribution in [-0.4, -0.2) is 52.2 Å². The Bertz CT molecular complexity index is 899. The van der Waals surface area contributed by atoms with Crippen molar-refractivity contribution in [1.82, 2.24) is 0 Å². The minimum Gasteiger partial charge on any atom is -0.508 e. The van der Waals surface area contributed by atoms with Crippen LogP contribution in [0.15, 0.2) is 18.2 Å². The average Bonchev–Trinajstić information content (AvgIpc) is 2.64. The number of Topliss-reactive ketones (excluding diaryl/α,β-unsaturated/α-hetero) is 1. The molecule has 6 nitrogen and oxygen atoms in total. The van der Waals surface area contributed by atoms with Crippen molar-refractivity contribution in [3.63, 3.8) is 0 Å². The molecule has 3 aliphatic rings. The molecule has 176 valence electrons. The van der Waals surface area contributed by atoms with Gasteiger partial charge in [-0.15, -0.1) is 0 Å². The number of aromatic hydroxyl groups is 1. The molecule has 1 saturated carbocycles. The molecule has 1 aromatic rings. The van der Waals surface area contributed by atoms with Crippen LogP contribution in [0.4, 0.5) is 0 Å². The number of phenolic OH excluding ortho intramolecular Hbond substituents is 1. The fraction of sp³-hybridized carbons (Fsp3) is 0.625. The second kappa shape index (κ2) is 9.13. The number of esters is 2. The first-order valence-corrected chi connectivity index (χ1v) is 18.9. The molecule has 1 aromatic carbocycles. The summed E-state index contributed by atoms with van der Waals surface area (Å²) in [5, 5.41) is 10.0. The first kappa shape index (κ1) is 24.7. The highest BCUT2D eigenvalue weighted by atomic mass is 28.3. The van der Waals surface area contributed by atoms with E-state index in [9.17, 15) is 19.5 Å². The van der Waals surface area contributed by atoms with Crippen LogP contribution in [0.3, 0.4) is 0 Å². The van der Waals surface area contributed by atoms with Gasteiger partial charge in [0.25, 0.3) is 0 Å². The Morgan fingerprint density at radius 3 is 1.97 bits per heavy atom. The minimum absolute atomic E-state index is 0.0456. The van der Waals surface area contributed by atoms with Gasteiger partial charge in [0.05, 0.1) is 31.0 Å². The van der Waals surface area contributed by atoms with Gasteiger partial charge in [0.15, 0.2) is 0 Å². The molecule has 0 amide bonds. The number of rotatable bonds is 8. The number of phenols is 1. The minimum atomic E-state index is -1.41. The SMILES string of the molecule is C[Si](C)(C)CCOC(=O)C1C2CC(=O)[C@@H](c3cc(O)ccc32)C1C(=O)OCC[Si](C)(C)C. The van der Waals surface area contributed by atoms with Gasteiger partial charge in [-0.25, -0.2) is 0 Å². The van der Waals surface area contributed by atoms with Crippen LogP contribution in [0.5, 0.6) is 5.75 Å². The van der Waals surface area contributed by atoms with Crippen molar-refractivity contribution in [1.29, 1.82) is 0 Å². The molecule has 0 radical (unpaired) electrons. The second-order valence-corrected chi connectivity index (χ2v) is 22.8. The van der Waals surface area contributed by atoms with Gasteiger partial charge in [0, 0.05) is 28.5 Å². The summed E-state index contributed by atoms with van der Waals surface area (Å²) in [4.78, 5) is 39.4. The fourth-order valence-corrected chi connectivity index (χ4v) is 6.10. The Hall–Kier alpha value is -1.94. The summed E-state index contributed by atoms with van der Waals surface area (Å²) >= 11 is 0. The van der Waals surface area contributed by atoms with Gasteiger partial charge in [-0.2, -0.15) is 0 Å². The topological polar surface area (TPSA) is 89.9 Å². The van der Waals surface area contributed by atoms with Gasteiger partial charge in [-0.05, 0) is 35.3 Å². The van der Waals surface area contributed by atoms with Crippen LogP contribution in [-0.2, 0) is 23.9 Å². The zero-order valence-corrected chi connectivity index (χ0v) is 22.1. The van der Waals surface area contributed by atoms with Crippen LogP contribution < -0.4 is 0 Å². The van der Waals surface area contributed by atoms with Crippen LogP contribution in [0.25, 0.3) is 0 Å². The van der Waals surface area contributed by atoms with Gasteiger partial charge in [-0.1, -0.05) is 45.3 Å². The highest BCUT2D eigenvalue weighted by molar-refractivity contribution is 6.76. The lowest BCUT2D eigenvalue weighted by Crippen LogP contribution is -2.51. The van der Waals surface area contributed by atoms with Crippen molar-refractivity contribution in [2.24, 2.45) is 11.8 Å². The molecule has 4 atom stereocenters. The molecule has 8 heteroatoms. The third-order valence-electron chi connectivity index (χ3n) is 6.49. The third-order valence-corrected chi connectivity index (χ3v) is 9.90. The van der Waals surface area contributed by atoms with Crippen LogP contribution in [0.2, 0.25) is 51.4 Å².